The highest BCUT2D eigenvalue weighted by Crippen LogP contribution is 2.30. The molecule has 3 aromatic rings. The summed E-state index contributed by atoms with van der Waals surface area (Å²) < 4.78 is 2.69. The quantitative estimate of drug-likeness (QED) is 0.594. The van der Waals surface area contributed by atoms with E-state index in [0.29, 0.717) is 12.2 Å². The lowest BCUT2D eigenvalue weighted by Crippen LogP contribution is -2.26. The highest BCUT2D eigenvalue weighted by Gasteiger charge is 2.23. The van der Waals surface area contributed by atoms with Crippen LogP contribution in [0.25, 0.3) is 22.5 Å². The molecule has 112 valence electrons. The maximum atomic E-state index is 12.4. The summed E-state index contributed by atoms with van der Waals surface area (Å²) in [6, 6.07) is 19.4. The summed E-state index contributed by atoms with van der Waals surface area (Å²) in [6.45, 7) is 2.09. The van der Waals surface area contributed by atoms with E-state index in [-0.39, 0.29) is 0 Å². The van der Waals surface area contributed by atoms with Gasteiger partial charge in [-0.25, -0.2) is 9.30 Å². The SMILES string of the molecule is CC(O)Cn1c[n+]([O-])c(-c2ccccc2)c1-c1ccccc1. The largest absolute Gasteiger partial charge is 0.710 e. The summed E-state index contributed by atoms with van der Waals surface area (Å²) in [5.74, 6) is 0. The first-order valence-electron chi connectivity index (χ1n) is 7.28. The number of aliphatic hydroxyl groups is 1. The van der Waals surface area contributed by atoms with Crippen LogP contribution in [0.4, 0.5) is 0 Å². The van der Waals surface area contributed by atoms with Crippen LogP contribution >= 0.6 is 0 Å². The highest BCUT2D eigenvalue weighted by molar-refractivity contribution is 5.76. The second-order valence-electron chi connectivity index (χ2n) is 5.37. The average Bonchev–Trinajstić information content (AvgIpc) is 2.84. The van der Waals surface area contributed by atoms with E-state index in [1.165, 1.54) is 6.33 Å². The molecule has 0 aliphatic rings. The summed E-state index contributed by atoms with van der Waals surface area (Å²) in [6.07, 6.45) is 0.968. The lowest BCUT2D eigenvalue weighted by molar-refractivity contribution is -0.593. The van der Waals surface area contributed by atoms with E-state index in [2.05, 4.69) is 0 Å². The normalized spacial score (nSPS) is 12.3. The average molecular weight is 294 g/mol. The third-order valence-corrected chi connectivity index (χ3v) is 3.53. The molecule has 0 spiro atoms. The van der Waals surface area contributed by atoms with E-state index in [1.54, 1.807) is 6.92 Å². The van der Waals surface area contributed by atoms with Crippen LogP contribution in [0, 0.1) is 5.21 Å². The second-order valence-corrected chi connectivity index (χ2v) is 5.37. The monoisotopic (exact) mass is 294 g/mol. The zero-order valence-corrected chi connectivity index (χ0v) is 12.4. The van der Waals surface area contributed by atoms with Gasteiger partial charge < -0.3 is 10.3 Å². The fourth-order valence-corrected chi connectivity index (χ4v) is 2.66. The molecule has 0 aliphatic carbocycles. The van der Waals surface area contributed by atoms with Gasteiger partial charge in [0.05, 0.1) is 6.10 Å². The zero-order chi connectivity index (χ0) is 15.5. The molecule has 0 amide bonds. The van der Waals surface area contributed by atoms with Crippen molar-refractivity contribution < 1.29 is 9.84 Å². The van der Waals surface area contributed by atoms with E-state index in [4.69, 9.17) is 0 Å². The van der Waals surface area contributed by atoms with Gasteiger partial charge in [0.2, 0.25) is 6.33 Å². The molecule has 1 unspecified atom stereocenters. The molecule has 0 aliphatic heterocycles. The fourth-order valence-electron chi connectivity index (χ4n) is 2.66. The van der Waals surface area contributed by atoms with E-state index >= 15 is 0 Å². The van der Waals surface area contributed by atoms with Gasteiger partial charge in [-0.2, -0.15) is 0 Å². The summed E-state index contributed by atoms with van der Waals surface area (Å²) in [5, 5.41) is 22.1. The second kappa shape index (κ2) is 6.03. The molecule has 2 aromatic carbocycles. The lowest BCUT2D eigenvalue weighted by Gasteiger charge is -2.07. The molecule has 1 atom stereocenters. The summed E-state index contributed by atoms with van der Waals surface area (Å²) in [5.41, 5.74) is 3.24. The minimum atomic E-state index is -0.529. The Morgan fingerprint density at radius 3 is 2.09 bits per heavy atom. The number of aromatic nitrogens is 2. The standard InChI is InChI=1S/C18H18N2O2/c1-14(21)12-19-13-20(22)18(16-10-6-3-7-11-16)17(19)15-8-4-2-5-9-15/h2-11,13-14,21H,12H2,1H3. The van der Waals surface area contributed by atoms with Gasteiger partial charge in [-0.1, -0.05) is 60.7 Å². The Morgan fingerprint density at radius 1 is 1.00 bits per heavy atom. The van der Waals surface area contributed by atoms with Crippen molar-refractivity contribution in [2.45, 2.75) is 19.6 Å². The number of hydrogen-bond donors (Lipinski definition) is 1. The van der Waals surface area contributed by atoms with Crippen LogP contribution in [-0.2, 0) is 6.54 Å². The zero-order valence-electron chi connectivity index (χ0n) is 12.4. The van der Waals surface area contributed by atoms with Gasteiger partial charge in [0.15, 0.2) is 11.4 Å². The van der Waals surface area contributed by atoms with E-state index in [9.17, 15) is 10.3 Å². The first-order valence-corrected chi connectivity index (χ1v) is 7.28. The molecule has 0 fully saturated rings. The van der Waals surface area contributed by atoms with Gasteiger partial charge in [-0.15, -0.1) is 0 Å². The van der Waals surface area contributed by atoms with Crippen LogP contribution in [0.15, 0.2) is 67.0 Å². The molecule has 22 heavy (non-hydrogen) atoms. The molecule has 0 saturated heterocycles. The van der Waals surface area contributed by atoms with Gasteiger partial charge >= 0.3 is 0 Å². The van der Waals surface area contributed by atoms with Crippen LogP contribution in [-0.4, -0.2) is 15.8 Å². The predicted molar refractivity (Wildman–Crippen MR) is 85.9 cm³/mol. The van der Waals surface area contributed by atoms with Gasteiger partial charge in [0, 0.05) is 11.1 Å². The lowest BCUT2D eigenvalue weighted by atomic mass is 10.0. The Labute approximate surface area is 129 Å². The van der Waals surface area contributed by atoms with Gasteiger partial charge in [-0.3, -0.25) is 0 Å². The van der Waals surface area contributed by atoms with Crippen LogP contribution in [0.2, 0.25) is 0 Å². The number of imidazole rings is 1. The summed E-state index contributed by atoms with van der Waals surface area (Å²) in [7, 11) is 0. The molecule has 1 heterocycles. The molecule has 4 heteroatoms. The molecule has 1 aromatic heterocycles. The molecule has 4 nitrogen and oxygen atoms in total. The summed E-state index contributed by atoms with van der Waals surface area (Å²) in [4.78, 5) is 0. The van der Waals surface area contributed by atoms with E-state index < -0.39 is 6.10 Å². The van der Waals surface area contributed by atoms with E-state index in [0.717, 1.165) is 21.6 Å². The van der Waals surface area contributed by atoms with Gasteiger partial charge in [0.1, 0.15) is 6.54 Å². The molecule has 0 bridgehead atoms. The van der Waals surface area contributed by atoms with Crippen molar-refractivity contribution in [3.8, 4) is 22.5 Å². The Balaban J connectivity index is 2.23. The third-order valence-electron chi connectivity index (χ3n) is 3.53. The molecule has 0 radical (unpaired) electrons. The van der Waals surface area contributed by atoms with Crippen LogP contribution in [0.3, 0.4) is 0 Å². The minimum Gasteiger partial charge on any atom is -0.710 e. The van der Waals surface area contributed by atoms with Crippen molar-refractivity contribution in [3.63, 3.8) is 0 Å². The number of benzene rings is 2. The summed E-state index contributed by atoms with van der Waals surface area (Å²) >= 11 is 0. The number of aliphatic hydroxyl groups excluding tert-OH is 1. The van der Waals surface area contributed by atoms with Crippen molar-refractivity contribution in [3.05, 3.63) is 72.2 Å². The molecular weight excluding hydrogens is 276 g/mol. The third kappa shape index (κ3) is 2.73. The Hall–Kier alpha value is -2.59. The van der Waals surface area contributed by atoms with Crippen molar-refractivity contribution in [2.75, 3.05) is 0 Å². The minimum absolute atomic E-state index is 0.374. The molecule has 1 N–H and O–H groups in total. The Morgan fingerprint density at radius 2 is 1.55 bits per heavy atom. The topological polar surface area (TPSA) is 52.1 Å². The van der Waals surface area contributed by atoms with Gasteiger partial charge in [0.25, 0.3) is 0 Å². The molecule has 0 saturated carbocycles. The molecular formula is C18H18N2O2. The van der Waals surface area contributed by atoms with Crippen molar-refractivity contribution in [2.24, 2.45) is 0 Å². The van der Waals surface area contributed by atoms with Crippen LogP contribution in [0.1, 0.15) is 6.92 Å². The van der Waals surface area contributed by atoms with Crippen molar-refractivity contribution in [1.82, 2.24) is 4.57 Å². The maximum Gasteiger partial charge on any atom is 0.247 e. The smallest absolute Gasteiger partial charge is 0.247 e. The first-order chi connectivity index (χ1) is 10.7. The maximum absolute atomic E-state index is 12.4. The Kier molecular flexibility index (Phi) is 3.94. The fraction of sp³-hybridized carbons (Fsp3) is 0.167. The van der Waals surface area contributed by atoms with Crippen LogP contribution < -0.4 is 4.73 Å². The van der Waals surface area contributed by atoms with Crippen molar-refractivity contribution >= 4 is 0 Å². The van der Waals surface area contributed by atoms with Crippen molar-refractivity contribution in [1.29, 1.82) is 0 Å². The Bertz CT molecular complexity index is 750. The first kappa shape index (κ1) is 14.4. The number of rotatable bonds is 4. The highest BCUT2D eigenvalue weighted by atomic mass is 16.5. The molecule has 3 rings (SSSR count). The number of hydrogen-bond acceptors (Lipinski definition) is 2. The number of nitrogens with zero attached hydrogens (tertiary/aromatic N) is 2. The van der Waals surface area contributed by atoms with Crippen LogP contribution in [0.5, 0.6) is 0 Å². The van der Waals surface area contributed by atoms with E-state index in [1.807, 2.05) is 65.2 Å². The predicted octanol–water partition coefficient (Wildman–Crippen LogP) is 2.84. The van der Waals surface area contributed by atoms with Gasteiger partial charge in [-0.05, 0) is 6.92 Å².